The fraction of sp³-hybridized carbons (Fsp3) is 0.105. The number of amides is 1. The third-order valence-corrected chi connectivity index (χ3v) is 3.91. The number of halogens is 2. The van der Waals surface area contributed by atoms with Gasteiger partial charge in [-0.15, -0.1) is 0 Å². The molecule has 0 aliphatic heterocycles. The van der Waals surface area contributed by atoms with Crippen LogP contribution in [0, 0.1) is 5.82 Å². The fourth-order valence-electron chi connectivity index (χ4n) is 2.29. The van der Waals surface area contributed by atoms with E-state index in [0.717, 1.165) is 12.0 Å². The van der Waals surface area contributed by atoms with Crippen LogP contribution >= 0.6 is 11.6 Å². The number of anilines is 2. The first-order valence-corrected chi connectivity index (χ1v) is 8.36. The lowest BCUT2D eigenvalue weighted by molar-refractivity contribution is 0.0949. The topological polar surface area (TPSA) is 66.9 Å². The maximum atomic E-state index is 13.2. The number of carbonyl (C=O) groups excluding carboxylic acids is 1. The molecule has 0 unspecified atom stereocenters. The lowest BCUT2D eigenvalue weighted by atomic mass is 10.1. The van der Waals surface area contributed by atoms with Crippen molar-refractivity contribution in [1.29, 1.82) is 0 Å². The van der Waals surface area contributed by atoms with Gasteiger partial charge in [0.2, 0.25) is 0 Å². The predicted molar refractivity (Wildman–Crippen MR) is 99.2 cm³/mol. The minimum absolute atomic E-state index is 0.0115. The van der Waals surface area contributed by atoms with Gasteiger partial charge in [-0.1, -0.05) is 41.9 Å². The smallest absolute Gasteiger partial charge is 0.271 e. The van der Waals surface area contributed by atoms with Gasteiger partial charge in [0.1, 0.15) is 17.3 Å². The molecule has 2 N–H and O–H groups in total. The van der Waals surface area contributed by atoms with Gasteiger partial charge in [-0.25, -0.2) is 14.4 Å². The van der Waals surface area contributed by atoms with E-state index in [1.54, 1.807) is 0 Å². The number of benzene rings is 2. The second-order valence-corrected chi connectivity index (χ2v) is 5.94. The number of aromatic nitrogens is 2. The van der Waals surface area contributed by atoms with E-state index in [2.05, 4.69) is 20.6 Å². The molecule has 1 amide bonds. The molecule has 1 heterocycles. The highest BCUT2D eigenvalue weighted by Crippen LogP contribution is 2.21. The van der Waals surface area contributed by atoms with Crippen LogP contribution in [-0.2, 0) is 6.42 Å². The molecule has 26 heavy (non-hydrogen) atoms. The largest absolute Gasteiger partial charge is 0.350 e. The normalized spacial score (nSPS) is 10.4. The first-order valence-electron chi connectivity index (χ1n) is 7.98. The fourth-order valence-corrected chi connectivity index (χ4v) is 2.47. The van der Waals surface area contributed by atoms with Crippen molar-refractivity contribution in [2.45, 2.75) is 6.42 Å². The van der Waals surface area contributed by atoms with Crippen molar-refractivity contribution >= 4 is 29.0 Å². The lowest BCUT2D eigenvalue weighted by Crippen LogP contribution is -2.26. The van der Waals surface area contributed by atoms with Gasteiger partial charge in [0.15, 0.2) is 0 Å². The summed E-state index contributed by atoms with van der Waals surface area (Å²) in [5.74, 6) is -0.357. The first kappa shape index (κ1) is 17.8. The quantitative estimate of drug-likeness (QED) is 0.688. The molecular weight excluding hydrogens is 355 g/mol. The minimum Gasteiger partial charge on any atom is -0.350 e. The van der Waals surface area contributed by atoms with Crippen molar-refractivity contribution in [1.82, 2.24) is 15.3 Å². The number of hydrogen-bond acceptors (Lipinski definition) is 4. The van der Waals surface area contributed by atoms with E-state index in [1.807, 2.05) is 30.3 Å². The molecule has 3 aromatic rings. The molecule has 0 saturated carbocycles. The van der Waals surface area contributed by atoms with Crippen molar-refractivity contribution in [3.63, 3.8) is 0 Å². The van der Waals surface area contributed by atoms with Gasteiger partial charge >= 0.3 is 0 Å². The molecule has 7 heteroatoms. The van der Waals surface area contributed by atoms with Crippen molar-refractivity contribution in [3.05, 3.63) is 83.0 Å². The summed E-state index contributed by atoms with van der Waals surface area (Å²) in [7, 11) is 0. The van der Waals surface area contributed by atoms with Gasteiger partial charge in [-0.2, -0.15) is 0 Å². The zero-order chi connectivity index (χ0) is 18.4. The molecule has 0 aliphatic carbocycles. The van der Waals surface area contributed by atoms with Crippen molar-refractivity contribution in [3.8, 4) is 0 Å². The molecule has 5 nitrogen and oxygen atoms in total. The Morgan fingerprint density at radius 2 is 1.88 bits per heavy atom. The average molecular weight is 371 g/mol. The van der Waals surface area contributed by atoms with Crippen LogP contribution in [0.1, 0.15) is 16.1 Å². The van der Waals surface area contributed by atoms with Gasteiger partial charge in [-0.3, -0.25) is 4.79 Å². The number of nitrogens with one attached hydrogen (secondary N) is 2. The van der Waals surface area contributed by atoms with Crippen molar-refractivity contribution < 1.29 is 9.18 Å². The van der Waals surface area contributed by atoms with Crippen LogP contribution in [0.3, 0.4) is 0 Å². The first-order chi connectivity index (χ1) is 12.6. The van der Waals surface area contributed by atoms with E-state index in [9.17, 15) is 9.18 Å². The number of nitrogens with zero attached hydrogens (tertiary/aromatic N) is 2. The van der Waals surface area contributed by atoms with Crippen molar-refractivity contribution in [2.24, 2.45) is 0 Å². The Hall–Kier alpha value is -2.99. The number of rotatable bonds is 6. The molecule has 0 fully saturated rings. The highest BCUT2D eigenvalue weighted by Gasteiger charge is 2.08. The highest BCUT2D eigenvalue weighted by atomic mass is 35.5. The number of hydrogen-bond donors (Lipinski definition) is 2. The molecule has 0 aliphatic rings. The van der Waals surface area contributed by atoms with Gasteiger partial charge in [-0.05, 0) is 30.2 Å². The van der Waals surface area contributed by atoms with Crippen LogP contribution in [0.2, 0.25) is 5.02 Å². The van der Waals surface area contributed by atoms with Crippen LogP contribution in [0.25, 0.3) is 0 Å². The second-order valence-electron chi connectivity index (χ2n) is 5.53. The Morgan fingerprint density at radius 1 is 1.08 bits per heavy atom. The molecule has 0 saturated heterocycles. The Morgan fingerprint density at radius 3 is 2.58 bits per heavy atom. The maximum Gasteiger partial charge on any atom is 0.271 e. The molecule has 0 spiro atoms. The highest BCUT2D eigenvalue weighted by molar-refractivity contribution is 6.31. The Kier molecular flexibility index (Phi) is 5.76. The summed E-state index contributed by atoms with van der Waals surface area (Å²) in [6.07, 6.45) is 3.56. The summed E-state index contributed by atoms with van der Waals surface area (Å²) >= 11 is 5.74. The summed E-state index contributed by atoms with van der Waals surface area (Å²) < 4.78 is 13.2. The third kappa shape index (κ3) is 4.77. The molecule has 0 bridgehead atoms. The van der Waals surface area contributed by atoms with Crippen LogP contribution in [0.15, 0.2) is 60.9 Å². The van der Waals surface area contributed by atoms with E-state index < -0.39 is 5.82 Å². The second kappa shape index (κ2) is 8.40. The predicted octanol–water partition coefficient (Wildman–Crippen LogP) is 3.99. The minimum atomic E-state index is -0.495. The van der Waals surface area contributed by atoms with E-state index in [1.165, 1.54) is 30.6 Å². The van der Waals surface area contributed by atoms with Crippen LogP contribution in [0.4, 0.5) is 15.9 Å². The van der Waals surface area contributed by atoms with Gasteiger partial charge in [0, 0.05) is 12.2 Å². The summed E-state index contributed by atoms with van der Waals surface area (Å²) in [6, 6.07) is 14.1. The Bertz CT molecular complexity index is 888. The van der Waals surface area contributed by atoms with Crippen LogP contribution in [-0.4, -0.2) is 22.4 Å². The van der Waals surface area contributed by atoms with Crippen LogP contribution in [0.5, 0.6) is 0 Å². The van der Waals surface area contributed by atoms with Crippen LogP contribution < -0.4 is 10.6 Å². The molecular formula is C19H16ClFN4O. The molecule has 132 valence electrons. The van der Waals surface area contributed by atoms with Gasteiger partial charge < -0.3 is 10.6 Å². The van der Waals surface area contributed by atoms with Crippen molar-refractivity contribution in [2.75, 3.05) is 11.9 Å². The Labute approximate surface area is 155 Å². The summed E-state index contributed by atoms with van der Waals surface area (Å²) in [5, 5.41) is 5.77. The number of carbonyl (C=O) groups is 1. The maximum absolute atomic E-state index is 13.2. The molecule has 0 radical (unpaired) electrons. The average Bonchev–Trinajstić information content (AvgIpc) is 2.66. The molecule has 1 aromatic heterocycles. The standard InChI is InChI=1S/C19H16ClFN4O/c20-15-10-14(6-7-16(15)21)25-18-12-23-17(11-24-18)19(26)22-9-8-13-4-2-1-3-5-13/h1-7,10-12H,8-9H2,(H,22,26)(H,24,25). The lowest BCUT2D eigenvalue weighted by Gasteiger charge is -2.07. The molecule has 2 aromatic carbocycles. The summed E-state index contributed by atoms with van der Waals surface area (Å²) in [6.45, 7) is 0.513. The van der Waals surface area contributed by atoms with Gasteiger partial charge in [0.05, 0.1) is 17.4 Å². The molecule has 3 rings (SSSR count). The zero-order valence-corrected chi connectivity index (χ0v) is 14.5. The molecule has 0 atom stereocenters. The summed E-state index contributed by atoms with van der Waals surface area (Å²) in [5.41, 5.74) is 1.95. The van der Waals surface area contributed by atoms with E-state index in [0.29, 0.717) is 18.1 Å². The van der Waals surface area contributed by atoms with E-state index in [4.69, 9.17) is 11.6 Å². The van der Waals surface area contributed by atoms with E-state index >= 15 is 0 Å². The third-order valence-electron chi connectivity index (χ3n) is 3.62. The van der Waals surface area contributed by atoms with Gasteiger partial charge in [0.25, 0.3) is 5.91 Å². The zero-order valence-electron chi connectivity index (χ0n) is 13.7. The Balaban J connectivity index is 1.54. The summed E-state index contributed by atoms with van der Waals surface area (Å²) in [4.78, 5) is 20.3. The SMILES string of the molecule is O=C(NCCc1ccccc1)c1cnc(Nc2ccc(F)c(Cl)c2)cn1. The monoisotopic (exact) mass is 370 g/mol. The van der Waals surface area contributed by atoms with E-state index in [-0.39, 0.29) is 16.6 Å².